The second-order valence-corrected chi connectivity index (χ2v) is 5.27. The number of morpholine rings is 1. The summed E-state index contributed by atoms with van der Waals surface area (Å²) in [6.07, 6.45) is 1.01. The van der Waals surface area contributed by atoms with Crippen molar-refractivity contribution < 1.29 is 9.53 Å². The van der Waals surface area contributed by atoms with Gasteiger partial charge >= 0.3 is 0 Å². The first-order valence-corrected chi connectivity index (χ1v) is 7.25. The van der Waals surface area contributed by atoms with Crippen LogP contribution in [-0.4, -0.2) is 41.6 Å². The Balaban J connectivity index is 1.91. The van der Waals surface area contributed by atoms with Crippen LogP contribution < -0.4 is 5.73 Å². The number of carbonyl (C=O) groups is 1. The molecule has 1 amide bonds. The molecule has 1 aliphatic rings. The average Bonchev–Trinajstić information content (AvgIpc) is 2.54. The number of nitrogens with two attached hydrogens (primary N) is 1. The maximum absolute atomic E-state index is 12.6. The third kappa shape index (κ3) is 2.69. The van der Waals surface area contributed by atoms with E-state index in [1.807, 2.05) is 24.3 Å². The summed E-state index contributed by atoms with van der Waals surface area (Å²) in [6.45, 7) is 3.85. The molecule has 1 aliphatic heterocycles. The van der Waals surface area contributed by atoms with E-state index < -0.39 is 0 Å². The number of benzene rings is 1. The molecule has 1 atom stereocenters. The van der Waals surface area contributed by atoms with E-state index in [9.17, 15) is 4.79 Å². The van der Waals surface area contributed by atoms with Crippen LogP contribution >= 0.6 is 0 Å². The highest BCUT2D eigenvalue weighted by Gasteiger charge is 2.25. The molecule has 110 valence electrons. The van der Waals surface area contributed by atoms with Crippen LogP contribution in [0.5, 0.6) is 0 Å². The molecule has 2 N–H and O–H groups in total. The molecule has 1 fully saturated rings. The summed E-state index contributed by atoms with van der Waals surface area (Å²) in [5.41, 5.74) is 7.79. The van der Waals surface area contributed by atoms with Crippen molar-refractivity contribution in [2.75, 3.05) is 25.4 Å². The first-order chi connectivity index (χ1) is 10.2. The van der Waals surface area contributed by atoms with Crippen molar-refractivity contribution in [3.8, 4) is 0 Å². The molecule has 0 aliphatic carbocycles. The fraction of sp³-hybridized carbons (Fsp3) is 0.375. The molecule has 2 aromatic rings. The Morgan fingerprint density at radius 3 is 3.10 bits per heavy atom. The van der Waals surface area contributed by atoms with Gasteiger partial charge in [-0.3, -0.25) is 4.79 Å². The van der Waals surface area contributed by atoms with Gasteiger partial charge in [-0.1, -0.05) is 25.1 Å². The van der Waals surface area contributed by atoms with Gasteiger partial charge in [0.05, 0.1) is 18.2 Å². The first-order valence-electron chi connectivity index (χ1n) is 7.25. The molecule has 1 saturated heterocycles. The minimum atomic E-state index is -0.0748. The Hall–Kier alpha value is -2.14. The van der Waals surface area contributed by atoms with Gasteiger partial charge in [0, 0.05) is 24.2 Å². The Morgan fingerprint density at radius 1 is 1.48 bits per heavy atom. The van der Waals surface area contributed by atoms with Crippen LogP contribution in [0.3, 0.4) is 0 Å². The molecule has 0 saturated carbocycles. The van der Waals surface area contributed by atoms with Crippen LogP contribution in [0.25, 0.3) is 10.9 Å². The zero-order valence-electron chi connectivity index (χ0n) is 12.1. The molecule has 0 bridgehead atoms. The number of para-hydroxylation sites is 1. The molecule has 0 spiro atoms. The standard InChI is InChI=1S/C16H19N3O2/c1-2-11-10-19(7-8-21-11)16(20)15-9-13(17)12-5-3-4-6-14(12)18-15/h3-6,9,11H,2,7-8,10H2,1H3,(H2,17,18). The number of nitrogens with zero attached hydrogens (tertiary/aromatic N) is 2. The largest absolute Gasteiger partial charge is 0.398 e. The zero-order valence-corrected chi connectivity index (χ0v) is 12.1. The van der Waals surface area contributed by atoms with Crippen LogP contribution in [0, 0.1) is 0 Å². The SMILES string of the molecule is CCC1CN(C(=O)c2cc(N)c3ccccc3n2)CCO1. The number of fused-ring (bicyclic) bond motifs is 1. The van der Waals surface area contributed by atoms with E-state index in [0.717, 1.165) is 17.3 Å². The van der Waals surface area contributed by atoms with Crippen LogP contribution in [0.4, 0.5) is 5.69 Å². The van der Waals surface area contributed by atoms with Crippen molar-refractivity contribution in [2.24, 2.45) is 0 Å². The highest BCUT2D eigenvalue weighted by atomic mass is 16.5. The van der Waals surface area contributed by atoms with Gasteiger partial charge in [-0.2, -0.15) is 0 Å². The van der Waals surface area contributed by atoms with E-state index in [1.54, 1.807) is 11.0 Å². The molecule has 5 nitrogen and oxygen atoms in total. The Labute approximate surface area is 123 Å². The van der Waals surface area contributed by atoms with Crippen molar-refractivity contribution in [1.29, 1.82) is 0 Å². The lowest BCUT2D eigenvalue weighted by Crippen LogP contribution is -2.45. The van der Waals surface area contributed by atoms with Crippen molar-refractivity contribution in [2.45, 2.75) is 19.4 Å². The number of aromatic nitrogens is 1. The van der Waals surface area contributed by atoms with E-state index in [4.69, 9.17) is 10.5 Å². The third-order valence-corrected chi connectivity index (χ3v) is 3.85. The number of ether oxygens (including phenoxy) is 1. The number of hydrogen-bond acceptors (Lipinski definition) is 4. The van der Waals surface area contributed by atoms with Gasteiger partial charge in [-0.05, 0) is 18.6 Å². The second-order valence-electron chi connectivity index (χ2n) is 5.27. The number of hydrogen-bond donors (Lipinski definition) is 1. The fourth-order valence-electron chi connectivity index (χ4n) is 2.62. The summed E-state index contributed by atoms with van der Waals surface area (Å²) in [4.78, 5) is 18.9. The topological polar surface area (TPSA) is 68.5 Å². The van der Waals surface area contributed by atoms with Gasteiger partial charge in [0.15, 0.2) is 0 Å². The lowest BCUT2D eigenvalue weighted by molar-refractivity contribution is -0.0228. The minimum absolute atomic E-state index is 0.0748. The molecule has 1 aromatic carbocycles. The van der Waals surface area contributed by atoms with Crippen LogP contribution in [0.15, 0.2) is 30.3 Å². The quantitative estimate of drug-likeness (QED) is 0.917. The molecule has 1 unspecified atom stereocenters. The van der Waals surface area contributed by atoms with Gasteiger partial charge in [0.25, 0.3) is 5.91 Å². The smallest absolute Gasteiger partial charge is 0.272 e. The number of amides is 1. The zero-order chi connectivity index (χ0) is 14.8. The fourth-order valence-corrected chi connectivity index (χ4v) is 2.62. The van der Waals surface area contributed by atoms with Gasteiger partial charge < -0.3 is 15.4 Å². The molecule has 0 radical (unpaired) electrons. The van der Waals surface area contributed by atoms with Gasteiger partial charge in [0.1, 0.15) is 5.69 Å². The van der Waals surface area contributed by atoms with E-state index in [-0.39, 0.29) is 12.0 Å². The third-order valence-electron chi connectivity index (χ3n) is 3.85. The first kappa shape index (κ1) is 13.8. The summed E-state index contributed by atoms with van der Waals surface area (Å²) >= 11 is 0. The van der Waals surface area contributed by atoms with Crippen LogP contribution in [0.1, 0.15) is 23.8 Å². The normalized spacial score (nSPS) is 18.9. The maximum atomic E-state index is 12.6. The average molecular weight is 285 g/mol. The van der Waals surface area contributed by atoms with E-state index in [1.165, 1.54) is 0 Å². The molecule has 1 aromatic heterocycles. The summed E-state index contributed by atoms with van der Waals surface area (Å²) in [7, 11) is 0. The molecular formula is C16H19N3O2. The summed E-state index contributed by atoms with van der Waals surface area (Å²) in [5, 5.41) is 0.877. The van der Waals surface area contributed by atoms with Crippen molar-refractivity contribution in [3.05, 3.63) is 36.0 Å². The molecular weight excluding hydrogens is 266 g/mol. The Bertz CT molecular complexity index is 672. The Kier molecular flexibility index (Phi) is 3.75. The molecule has 5 heteroatoms. The number of anilines is 1. The number of pyridine rings is 1. The van der Waals surface area contributed by atoms with Gasteiger partial charge in [0.2, 0.25) is 0 Å². The summed E-state index contributed by atoms with van der Waals surface area (Å²) in [5.74, 6) is -0.0748. The predicted molar refractivity (Wildman–Crippen MR) is 82.1 cm³/mol. The monoisotopic (exact) mass is 285 g/mol. The Morgan fingerprint density at radius 2 is 2.29 bits per heavy atom. The summed E-state index contributed by atoms with van der Waals surface area (Å²) < 4.78 is 5.60. The van der Waals surface area contributed by atoms with Gasteiger partial charge in [-0.25, -0.2) is 4.98 Å². The van der Waals surface area contributed by atoms with E-state index in [0.29, 0.717) is 31.1 Å². The summed E-state index contributed by atoms with van der Waals surface area (Å²) in [6, 6.07) is 9.26. The van der Waals surface area contributed by atoms with Gasteiger partial charge in [-0.15, -0.1) is 0 Å². The lowest BCUT2D eigenvalue weighted by Gasteiger charge is -2.32. The number of carbonyl (C=O) groups excluding carboxylic acids is 1. The number of nitrogen functional groups attached to an aromatic ring is 1. The highest BCUT2D eigenvalue weighted by Crippen LogP contribution is 2.21. The molecule has 21 heavy (non-hydrogen) atoms. The molecule has 3 rings (SSSR count). The second kappa shape index (κ2) is 5.69. The van der Waals surface area contributed by atoms with Crippen molar-refractivity contribution in [1.82, 2.24) is 9.88 Å². The number of rotatable bonds is 2. The highest BCUT2D eigenvalue weighted by molar-refractivity contribution is 5.99. The molecule has 2 heterocycles. The van der Waals surface area contributed by atoms with Crippen molar-refractivity contribution >= 4 is 22.5 Å². The van der Waals surface area contributed by atoms with Crippen LogP contribution in [0.2, 0.25) is 0 Å². The predicted octanol–water partition coefficient (Wildman–Crippen LogP) is 2.07. The maximum Gasteiger partial charge on any atom is 0.272 e. The van der Waals surface area contributed by atoms with E-state index in [2.05, 4.69) is 11.9 Å². The van der Waals surface area contributed by atoms with Crippen molar-refractivity contribution in [3.63, 3.8) is 0 Å². The lowest BCUT2D eigenvalue weighted by atomic mass is 10.1. The van der Waals surface area contributed by atoms with Crippen LogP contribution in [-0.2, 0) is 4.74 Å². The minimum Gasteiger partial charge on any atom is -0.398 e. The van der Waals surface area contributed by atoms with E-state index >= 15 is 0 Å².